The van der Waals surface area contributed by atoms with Crippen molar-refractivity contribution in [2.75, 3.05) is 12.0 Å². The smallest absolute Gasteiger partial charge is 0.192 e. The molecule has 0 heterocycles. The molecule has 0 aromatic heterocycles. The number of allylic oxidation sites excluding steroid dienone is 1. The second kappa shape index (κ2) is 10.9. The van der Waals surface area contributed by atoms with Crippen molar-refractivity contribution >= 4 is 19.7 Å². The Balaban J connectivity index is 2.44. The fourth-order valence-corrected chi connectivity index (χ4v) is 5.59. The predicted octanol–water partition coefficient (Wildman–Crippen LogP) is 9.98. The molecule has 0 aliphatic heterocycles. The van der Waals surface area contributed by atoms with E-state index in [1.165, 1.54) is 39.2 Å². The van der Waals surface area contributed by atoms with Crippen LogP contribution in [-0.2, 0) is 4.43 Å². The highest BCUT2D eigenvalue weighted by Gasteiger charge is 2.40. The predicted molar refractivity (Wildman–Crippen MR) is 159 cm³/mol. The van der Waals surface area contributed by atoms with Crippen LogP contribution in [0.15, 0.2) is 28.4 Å². The molecule has 0 atom stereocenters. The van der Waals surface area contributed by atoms with E-state index in [0.717, 1.165) is 12.8 Å². The van der Waals surface area contributed by atoms with Gasteiger partial charge in [-0.05, 0) is 77.9 Å². The van der Waals surface area contributed by atoms with Gasteiger partial charge >= 0.3 is 0 Å². The number of hydrogen-bond donors (Lipinski definition) is 1. The minimum absolute atomic E-state index is 0.119. The lowest BCUT2D eigenvalue weighted by Gasteiger charge is -2.40. The molecule has 198 valence electrons. The molecule has 0 bridgehead atoms. The van der Waals surface area contributed by atoms with Gasteiger partial charge < -0.3 is 4.43 Å². The first kappa shape index (κ1) is 29.8. The quantitative estimate of drug-likeness (QED) is 0.220. The number of nitrogens with zero attached hydrogens (tertiary/aromatic N) is 1. The Morgan fingerprint density at radius 3 is 1.89 bits per heavy atom. The fourth-order valence-electron chi connectivity index (χ4n) is 4.65. The molecule has 3 nitrogen and oxygen atoms in total. The molecule has 1 aromatic rings. The van der Waals surface area contributed by atoms with E-state index in [0.29, 0.717) is 24.4 Å². The molecule has 0 unspecified atom stereocenters. The third-order valence-corrected chi connectivity index (χ3v) is 13.0. The topological polar surface area (TPSA) is 33.6 Å². The van der Waals surface area contributed by atoms with Gasteiger partial charge in [0.25, 0.3) is 0 Å². The zero-order valence-electron chi connectivity index (χ0n) is 25.4. The second-order valence-corrected chi connectivity index (χ2v) is 18.5. The monoisotopic (exact) mass is 498 g/mol. The molecule has 2 rings (SSSR count). The molecule has 0 saturated carbocycles. The van der Waals surface area contributed by atoms with Gasteiger partial charge in [0.1, 0.15) is 0 Å². The van der Waals surface area contributed by atoms with E-state index in [4.69, 9.17) is 9.53 Å². The van der Waals surface area contributed by atoms with Crippen molar-refractivity contribution in [1.82, 2.24) is 0 Å². The molecule has 0 fully saturated rings. The molecule has 0 amide bonds. The van der Waals surface area contributed by atoms with Gasteiger partial charge in [0.15, 0.2) is 8.32 Å². The molecule has 0 saturated heterocycles. The van der Waals surface area contributed by atoms with Gasteiger partial charge in [0.2, 0.25) is 0 Å². The lowest BCUT2D eigenvalue weighted by atomic mass is 9.71. The summed E-state index contributed by atoms with van der Waals surface area (Å²) in [6, 6.07) is 4.77. The third kappa shape index (κ3) is 6.68. The molecular formula is C31H54N2OSi. The van der Waals surface area contributed by atoms with Gasteiger partial charge in [-0.15, -0.1) is 0 Å². The Kier molecular flexibility index (Phi) is 9.31. The standard InChI is InChI=1S/C31H54N2OSi/c1-20(2)24-17-25(21(3)4)29(26(18-24)22(5)6)33-32-28-16-15-23(7)27(31(28,11)12)19-34-35(13,14)30(8,9)10/h17-18,20-22,33H,15-16,19H2,1-14H3/b32-28-. The van der Waals surface area contributed by atoms with Crippen LogP contribution >= 0.6 is 0 Å². The Bertz CT molecular complexity index is 930. The molecule has 0 spiro atoms. The van der Waals surface area contributed by atoms with Crippen molar-refractivity contribution in [3.8, 4) is 0 Å². The maximum absolute atomic E-state index is 6.69. The number of hydrogen-bond acceptors (Lipinski definition) is 3. The number of rotatable bonds is 8. The van der Waals surface area contributed by atoms with Crippen LogP contribution in [0.1, 0.15) is 130 Å². The van der Waals surface area contributed by atoms with Crippen LogP contribution < -0.4 is 5.43 Å². The average Bonchev–Trinajstić information content (AvgIpc) is 2.70. The molecule has 1 aromatic carbocycles. The van der Waals surface area contributed by atoms with Crippen molar-refractivity contribution in [3.05, 3.63) is 40.0 Å². The molecular weight excluding hydrogens is 444 g/mol. The number of hydrazone groups is 1. The van der Waals surface area contributed by atoms with E-state index in [1.807, 2.05) is 0 Å². The molecule has 1 aliphatic carbocycles. The van der Waals surface area contributed by atoms with Crippen molar-refractivity contribution in [3.63, 3.8) is 0 Å². The SMILES string of the molecule is CC1=C(CO[Si](C)(C)C(C)(C)C)C(C)(C)/C(=N\Nc2c(C(C)C)cc(C(C)C)cc2C(C)C)CC1. The summed E-state index contributed by atoms with van der Waals surface area (Å²) in [6.45, 7) is 33.0. The summed E-state index contributed by atoms with van der Waals surface area (Å²) in [7, 11) is -1.82. The Labute approximate surface area is 218 Å². The summed E-state index contributed by atoms with van der Waals surface area (Å²) in [5.41, 5.74) is 12.9. The van der Waals surface area contributed by atoms with Gasteiger partial charge in [-0.25, -0.2) is 0 Å². The van der Waals surface area contributed by atoms with Crippen LogP contribution in [0.5, 0.6) is 0 Å². The Morgan fingerprint density at radius 1 is 0.943 bits per heavy atom. The molecule has 0 radical (unpaired) electrons. The van der Waals surface area contributed by atoms with Crippen molar-refractivity contribution in [1.29, 1.82) is 0 Å². The van der Waals surface area contributed by atoms with E-state index in [2.05, 4.69) is 114 Å². The highest BCUT2D eigenvalue weighted by molar-refractivity contribution is 6.74. The first-order chi connectivity index (χ1) is 15.9. The van der Waals surface area contributed by atoms with E-state index >= 15 is 0 Å². The molecule has 1 N–H and O–H groups in total. The summed E-state index contributed by atoms with van der Waals surface area (Å²) in [4.78, 5) is 0. The Morgan fingerprint density at radius 2 is 1.46 bits per heavy atom. The molecule has 4 heteroatoms. The fraction of sp³-hybridized carbons (Fsp3) is 0.710. The summed E-state index contributed by atoms with van der Waals surface area (Å²) in [5.74, 6) is 1.38. The summed E-state index contributed by atoms with van der Waals surface area (Å²) in [5, 5.41) is 5.34. The van der Waals surface area contributed by atoms with Gasteiger partial charge in [-0.3, -0.25) is 5.43 Å². The van der Waals surface area contributed by atoms with Crippen LogP contribution in [0, 0.1) is 5.41 Å². The Hall–Kier alpha value is -1.39. The molecule has 35 heavy (non-hydrogen) atoms. The van der Waals surface area contributed by atoms with Crippen molar-refractivity contribution in [2.45, 2.75) is 132 Å². The zero-order valence-corrected chi connectivity index (χ0v) is 26.4. The first-order valence-electron chi connectivity index (χ1n) is 13.7. The highest BCUT2D eigenvalue weighted by atomic mass is 28.4. The van der Waals surface area contributed by atoms with Crippen molar-refractivity contribution < 1.29 is 4.43 Å². The normalized spacial score (nSPS) is 18.4. The first-order valence-corrected chi connectivity index (χ1v) is 16.6. The van der Waals surface area contributed by atoms with Crippen LogP contribution in [0.4, 0.5) is 5.69 Å². The number of anilines is 1. The largest absolute Gasteiger partial charge is 0.413 e. The van der Waals surface area contributed by atoms with E-state index < -0.39 is 8.32 Å². The van der Waals surface area contributed by atoms with Crippen LogP contribution in [0.25, 0.3) is 0 Å². The van der Waals surface area contributed by atoms with Crippen LogP contribution in [0.3, 0.4) is 0 Å². The maximum Gasteiger partial charge on any atom is 0.192 e. The lowest BCUT2D eigenvalue weighted by molar-refractivity contribution is 0.296. The van der Waals surface area contributed by atoms with E-state index in [9.17, 15) is 0 Å². The van der Waals surface area contributed by atoms with E-state index in [1.54, 1.807) is 0 Å². The van der Waals surface area contributed by atoms with Crippen LogP contribution in [-0.4, -0.2) is 20.6 Å². The van der Waals surface area contributed by atoms with Gasteiger partial charge in [0.05, 0.1) is 12.3 Å². The van der Waals surface area contributed by atoms with Gasteiger partial charge in [-0.1, -0.05) is 93.9 Å². The minimum Gasteiger partial charge on any atom is -0.413 e. The number of nitrogens with one attached hydrogen (secondary N) is 1. The molecule has 1 aliphatic rings. The van der Waals surface area contributed by atoms with Gasteiger partial charge in [-0.2, -0.15) is 5.10 Å². The lowest BCUT2D eigenvalue weighted by Crippen LogP contribution is -2.43. The summed E-state index contributed by atoms with van der Waals surface area (Å²) in [6.07, 6.45) is 2.05. The summed E-state index contributed by atoms with van der Waals surface area (Å²) < 4.78 is 6.69. The highest BCUT2D eigenvalue weighted by Crippen LogP contribution is 2.42. The third-order valence-electron chi connectivity index (χ3n) is 8.55. The maximum atomic E-state index is 6.69. The second-order valence-electron chi connectivity index (χ2n) is 13.6. The summed E-state index contributed by atoms with van der Waals surface area (Å²) >= 11 is 0. The number of benzene rings is 1. The van der Waals surface area contributed by atoms with E-state index in [-0.39, 0.29) is 10.5 Å². The zero-order chi connectivity index (χ0) is 26.9. The van der Waals surface area contributed by atoms with Crippen LogP contribution in [0.2, 0.25) is 18.1 Å². The average molecular weight is 499 g/mol. The van der Waals surface area contributed by atoms with Gasteiger partial charge in [0, 0.05) is 11.1 Å². The van der Waals surface area contributed by atoms with Crippen molar-refractivity contribution in [2.24, 2.45) is 10.5 Å². The minimum atomic E-state index is -1.82.